The summed E-state index contributed by atoms with van der Waals surface area (Å²) in [5, 5.41) is 0.820. The van der Waals surface area contributed by atoms with Crippen LogP contribution in [0.15, 0.2) is 47.4 Å². The first-order chi connectivity index (χ1) is 13.7. The summed E-state index contributed by atoms with van der Waals surface area (Å²) in [7, 11) is 0.0373. The summed E-state index contributed by atoms with van der Waals surface area (Å²) >= 11 is 12.1. The molecule has 8 heteroatoms. The van der Waals surface area contributed by atoms with E-state index in [-0.39, 0.29) is 11.0 Å². The fraction of sp³-hybridized carbons (Fsp3) is 0.429. The highest BCUT2D eigenvalue weighted by molar-refractivity contribution is 7.89. The van der Waals surface area contributed by atoms with Crippen LogP contribution in [0, 0.1) is 0 Å². The largest absolute Gasteiger partial charge is 0.490 e. The molecule has 1 fully saturated rings. The van der Waals surface area contributed by atoms with E-state index in [0.29, 0.717) is 22.3 Å². The van der Waals surface area contributed by atoms with Crippen molar-refractivity contribution in [3.63, 3.8) is 0 Å². The van der Waals surface area contributed by atoms with Gasteiger partial charge in [-0.2, -0.15) is 0 Å². The maximum absolute atomic E-state index is 13.0. The Hall–Kier alpha value is -1.31. The van der Waals surface area contributed by atoms with Gasteiger partial charge in [0.1, 0.15) is 5.75 Å². The summed E-state index contributed by atoms with van der Waals surface area (Å²) in [6, 6.07) is 11.3. The standard InChI is InChI=1S/C21H26Cl2N2O3S/c1-25(2)14-21(15-7-12-19(22)20(23)13-15)24-29(26,27)18-10-8-17(9-11-18)28-16-5-3-4-6-16/h7-13,16,21,24H,3-6,14H2,1-2H3/t21-/m1/s1. The van der Waals surface area contributed by atoms with Crippen molar-refractivity contribution in [1.29, 1.82) is 0 Å². The van der Waals surface area contributed by atoms with Crippen molar-refractivity contribution < 1.29 is 13.2 Å². The molecule has 0 bridgehead atoms. The molecule has 0 radical (unpaired) electrons. The van der Waals surface area contributed by atoms with E-state index in [0.717, 1.165) is 18.4 Å². The number of nitrogens with zero attached hydrogens (tertiary/aromatic N) is 1. The zero-order valence-electron chi connectivity index (χ0n) is 16.6. The zero-order chi connectivity index (χ0) is 21.0. The number of ether oxygens (including phenoxy) is 1. The van der Waals surface area contributed by atoms with Gasteiger partial charge in [0.2, 0.25) is 10.0 Å². The average molecular weight is 457 g/mol. The predicted molar refractivity (Wildman–Crippen MR) is 117 cm³/mol. The number of rotatable bonds is 8. The van der Waals surface area contributed by atoms with Crippen LogP contribution < -0.4 is 9.46 Å². The molecule has 0 saturated heterocycles. The lowest BCUT2D eigenvalue weighted by Crippen LogP contribution is -2.35. The molecule has 0 amide bonds. The molecule has 0 aliphatic heterocycles. The molecule has 1 aliphatic carbocycles. The topological polar surface area (TPSA) is 58.6 Å². The quantitative estimate of drug-likeness (QED) is 0.613. The fourth-order valence-corrected chi connectivity index (χ4v) is 4.98. The van der Waals surface area contributed by atoms with Crippen LogP contribution in [0.4, 0.5) is 0 Å². The van der Waals surface area contributed by atoms with Gasteiger partial charge in [-0.3, -0.25) is 0 Å². The van der Waals surface area contributed by atoms with Gasteiger partial charge < -0.3 is 9.64 Å². The summed E-state index contributed by atoms with van der Waals surface area (Å²) in [5.74, 6) is 0.699. The van der Waals surface area contributed by atoms with Crippen molar-refractivity contribution in [3.05, 3.63) is 58.1 Å². The molecular formula is C21H26Cl2N2O3S. The third kappa shape index (κ3) is 6.09. The second-order valence-electron chi connectivity index (χ2n) is 7.61. The number of hydrogen-bond donors (Lipinski definition) is 1. The van der Waals surface area contributed by atoms with Gasteiger partial charge in [0.25, 0.3) is 0 Å². The molecule has 3 rings (SSSR count). The van der Waals surface area contributed by atoms with Gasteiger partial charge in [-0.15, -0.1) is 0 Å². The monoisotopic (exact) mass is 456 g/mol. The second-order valence-corrected chi connectivity index (χ2v) is 10.1. The molecule has 29 heavy (non-hydrogen) atoms. The van der Waals surface area contributed by atoms with Crippen molar-refractivity contribution >= 4 is 33.2 Å². The Morgan fingerprint density at radius 2 is 1.72 bits per heavy atom. The lowest BCUT2D eigenvalue weighted by Gasteiger charge is -2.23. The Labute approximate surface area is 183 Å². The third-order valence-corrected chi connectivity index (χ3v) is 7.16. The number of nitrogens with one attached hydrogen (secondary N) is 1. The highest BCUT2D eigenvalue weighted by Crippen LogP contribution is 2.28. The summed E-state index contributed by atoms with van der Waals surface area (Å²) in [6.07, 6.45) is 4.70. The van der Waals surface area contributed by atoms with Crippen LogP contribution in [-0.4, -0.2) is 40.1 Å². The van der Waals surface area contributed by atoms with Crippen molar-refractivity contribution in [2.24, 2.45) is 0 Å². The van der Waals surface area contributed by atoms with Crippen molar-refractivity contribution in [2.45, 2.75) is 42.7 Å². The minimum atomic E-state index is -3.73. The molecule has 158 valence electrons. The van der Waals surface area contributed by atoms with Gasteiger partial charge in [-0.05, 0) is 81.7 Å². The Balaban J connectivity index is 1.77. The molecule has 1 atom stereocenters. The first-order valence-electron chi connectivity index (χ1n) is 9.63. The Morgan fingerprint density at radius 1 is 1.07 bits per heavy atom. The fourth-order valence-electron chi connectivity index (χ4n) is 3.46. The van der Waals surface area contributed by atoms with Crippen LogP contribution in [-0.2, 0) is 10.0 Å². The molecule has 0 spiro atoms. The predicted octanol–water partition coefficient (Wildman–Crippen LogP) is 4.90. The maximum Gasteiger partial charge on any atom is 0.241 e. The van der Waals surface area contributed by atoms with E-state index < -0.39 is 16.1 Å². The second kappa shape index (κ2) is 9.67. The van der Waals surface area contributed by atoms with E-state index in [1.807, 2.05) is 19.0 Å². The SMILES string of the molecule is CN(C)C[C@@H](NS(=O)(=O)c1ccc(OC2CCCC2)cc1)c1ccc(Cl)c(Cl)c1. The highest BCUT2D eigenvalue weighted by atomic mass is 35.5. The van der Waals surface area contributed by atoms with Crippen LogP contribution in [0.2, 0.25) is 10.0 Å². The molecule has 1 N–H and O–H groups in total. The molecule has 0 unspecified atom stereocenters. The summed E-state index contributed by atoms with van der Waals surface area (Å²) < 4.78 is 34.7. The Morgan fingerprint density at radius 3 is 2.31 bits per heavy atom. The minimum Gasteiger partial charge on any atom is -0.490 e. The Bertz CT molecular complexity index is 927. The molecule has 0 heterocycles. The first-order valence-corrected chi connectivity index (χ1v) is 11.9. The summed E-state index contributed by atoms with van der Waals surface area (Å²) in [6.45, 7) is 0.472. The Kier molecular flexibility index (Phi) is 7.46. The lowest BCUT2D eigenvalue weighted by atomic mass is 10.1. The molecule has 1 saturated carbocycles. The molecule has 2 aromatic carbocycles. The number of benzene rings is 2. The van der Waals surface area contributed by atoms with Gasteiger partial charge >= 0.3 is 0 Å². The van der Waals surface area contributed by atoms with E-state index >= 15 is 0 Å². The smallest absolute Gasteiger partial charge is 0.241 e. The van der Waals surface area contributed by atoms with Crippen LogP contribution in [0.25, 0.3) is 0 Å². The van der Waals surface area contributed by atoms with E-state index in [2.05, 4.69) is 4.72 Å². The van der Waals surface area contributed by atoms with Crippen LogP contribution in [0.1, 0.15) is 37.3 Å². The number of sulfonamides is 1. The lowest BCUT2D eigenvalue weighted by molar-refractivity contribution is 0.210. The van der Waals surface area contributed by atoms with Gasteiger partial charge in [0.05, 0.1) is 27.1 Å². The van der Waals surface area contributed by atoms with E-state index in [1.54, 1.807) is 42.5 Å². The minimum absolute atomic E-state index is 0.195. The molecule has 0 aromatic heterocycles. The highest BCUT2D eigenvalue weighted by Gasteiger charge is 2.23. The summed E-state index contributed by atoms with van der Waals surface area (Å²) in [4.78, 5) is 2.11. The zero-order valence-corrected chi connectivity index (χ0v) is 18.9. The maximum atomic E-state index is 13.0. The van der Waals surface area contributed by atoms with E-state index in [4.69, 9.17) is 27.9 Å². The van der Waals surface area contributed by atoms with Crippen LogP contribution in [0.5, 0.6) is 5.75 Å². The number of halogens is 2. The molecule has 2 aromatic rings. The normalized spacial score (nSPS) is 16.3. The van der Waals surface area contributed by atoms with E-state index in [9.17, 15) is 8.42 Å². The van der Waals surface area contributed by atoms with Crippen molar-refractivity contribution in [2.75, 3.05) is 20.6 Å². The third-order valence-electron chi connectivity index (χ3n) is 4.93. The average Bonchev–Trinajstić information content (AvgIpc) is 3.16. The molecule has 5 nitrogen and oxygen atoms in total. The number of hydrogen-bond acceptors (Lipinski definition) is 4. The molecule has 1 aliphatic rings. The van der Waals surface area contributed by atoms with Crippen LogP contribution in [0.3, 0.4) is 0 Å². The first kappa shape index (κ1) is 22.4. The van der Waals surface area contributed by atoms with Gasteiger partial charge in [0, 0.05) is 6.54 Å². The van der Waals surface area contributed by atoms with E-state index in [1.165, 1.54) is 12.8 Å². The van der Waals surface area contributed by atoms with Crippen LogP contribution >= 0.6 is 23.2 Å². The van der Waals surface area contributed by atoms with Gasteiger partial charge in [0.15, 0.2) is 0 Å². The van der Waals surface area contributed by atoms with Crippen molar-refractivity contribution in [1.82, 2.24) is 9.62 Å². The van der Waals surface area contributed by atoms with Gasteiger partial charge in [-0.25, -0.2) is 13.1 Å². The summed E-state index contributed by atoms with van der Waals surface area (Å²) in [5.41, 5.74) is 0.748. The molecular weight excluding hydrogens is 431 g/mol. The van der Waals surface area contributed by atoms with Crippen molar-refractivity contribution in [3.8, 4) is 5.75 Å². The number of likely N-dealkylation sites (N-methyl/N-ethyl adjacent to an activating group) is 1. The van der Waals surface area contributed by atoms with Gasteiger partial charge in [-0.1, -0.05) is 29.3 Å².